The van der Waals surface area contributed by atoms with Crippen molar-refractivity contribution in [2.45, 2.75) is 52.4 Å². The molecule has 0 bridgehead atoms. The van der Waals surface area contributed by atoms with Crippen LogP contribution in [0.3, 0.4) is 0 Å². The molecule has 1 aliphatic heterocycles. The summed E-state index contributed by atoms with van der Waals surface area (Å²) < 4.78 is 17.4. The molecule has 2 rings (SSSR count). The highest BCUT2D eigenvalue weighted by atomic mass is 16.6. The molecule has 0 spiro atoms. The monoisotopic (exact) mass is 349 g/mol. The SMILES string of the molecule is Cc1ccc(C[C@H]2COC[C@H](N)C(=O)O[C@@H](C)[C@@H]2OCC(C)C)cc1. The predicted molar refractivity (Wildman–Crippen MR) is 97.3 cm³/mol. The zero-order valence-electron chi connectivity index (χ0n) is 15.7. The van der Waals surface area contributed by atoms with Crippen molar-refractivity contribution in [1.29, 1.82) is 0 Å². The minimum Gasteiger partial charge on any atom is -0.459 e. The molecule has 0 amide bonds. The Labute approximate surface area is 150 Å². The lowest BCUT2D eigenvalue weighted by molar-refractivity contribution is -0.160. The van der Waals surface area contributed by atoms with Crippen molar-refractivity contribution in [3.8, 4) is 0 Å². The summed E-state index contributed by atoms with van der Waals surface area (Å²) in [5.74, 6) is 0.0647. The Bertz CT molecular complexity index is 543. The highest BCUT2D eigenvalue weighted by Gasteiger charge is 2.34. The minimum atomic E-state index is -0.744. The molecule has 1 fully saturated rings. The maximum absolute atomic E-state index is 12.0. The van der Waals surface area contributed by atoms with Gasteiger partial charge in [-0.1, -0.05) is 43.7 Å². The van der Waals surface area contributed by atoms with Crippen molar-refractivity contribution < 1.29 is 19.0 Å². The molecule has 0 radical (unpaired) electrons. The average molecular weight is 349 g/mol. The number of carbonyl (C=O) groups excluding carboxylic acids is 1. The first-order chi connectivity index (χ1) is 11.9. The molecule has 1 heterocycles. The first-order valence-corrected chi connectivity index (χ1v) is 9.07. The Morgan fingerprint density at radius 2 is 1.92 bits per heavy atom. The normalized spacial score (nSPS) is 28.2. The number of nitrogens with two attached hydrogens (primary N) is 1. The first-order valence-electron chi connectivity index (χ1n) is 9.07. The second-order valence-electron chi connectivity index (χ2n) is 7.43. The molecular formula is C20H31NO4. The van der Waals surface area contributed by atoms with Crippen molar-refractivity contribution in [3.63, 3.8) is 0 Å². The largest absolute Gasteiger partial charge is 0.459 e. The summed E-state index contributed by atoms with van der Waals surface area (Å²) in [7, 11) is 0. The Morgan fingerprint density at radius 3 is 2.56 bits per heavy atom. The zero-order valence-corrected chi connectivity index (χ0v) is 15.7. The van der Waals surface area contributed by atoms with Crippen molar-refractivity contribution in [2.24, 2.45) is 17.6 Å². The summed E-state index contributed by atoms with van der Waals surface area (Å²) in [6.45, 7) is 9.44. The zero-order chi connectivity index (χ0) is 18.4. The molecule has 4 atom stereocenters. The molecule has 2 N–H and O–H groups in total. The predicted octanol–water partition coefficient (Wildman–Crippen LogP) is 2.48. The van der Waals surface area contributed by atoms with Crippen LogP contribution < -0.4 is 5.73 Å². The van der Waals surface area contributed by atoms with Gasteiger partial charge >= 0.3 is 5.97 Å². The Kier molecular flexibility index (Phi) is 7.41. The smallest absolute Gasteiger partial charge is 0.325 e. The van der Waals surface area contributed by atoms with Gasteiger partial charge in [0.25, 0.3) is 0 Å². The van der Waals surface area contributed by atoms with Crippen LogP contribution in [0.25, 0.3) is 0 Å². The maximum atomic E-state index is 12.0. The number of hydrogen-bond donors (Lipinski definition) is 1. The topological polar surface area (TPSA) is 70.8 Å². The Hall–Kier alpha value is -1.43. The molecule has 0 unspecified atom stereocenters. The highest BCUT2D eigenvalue weighted by molar-refractivity contribution is 5.75. The summed E-state index contributed by atoms with van der Waals surface area (Å²) in [6.07, 6.45) is 0.215. The van der Waals surface area contributed by atoms with Crippen LogP contribution >= 0.6 is 0 Å². The van der Waals surface area contributed by atoms with Crippen LogP contribution in [0.4, 0.5) is 0 Å². The second-order valence-corrected chi connectivity index (χ2v) is 7.43. The summed E-state index contributed by atoms with van der Waals surface area (Å²) in [5, 5.41) is 0. The highest BCUT2D eigenvalue weighted by Crippen LogP contribution is 2.23. The molecule has 1 saturated heterocycles. The number of hydrogen-bond acceptors (Lipinski definition) is 5. The molecule has 1 aliphatic rings. The van der Waals surface area contributed by atoms with E-state index in [4.69, 9.17) is 19.9 Å². The standard InChI is InChI=1S/C20H31NO4/c1-13(2)10-24-19-15(4)25-20(22)18(21)12-23-11-17(19)9-16-7-5-14(3)6-8-16/h5-8,13,15,17-19H,9-12,21H2,1-4H3/t15-,17-,18-,19-/m0/s1. The summed E-state index contributed by atoms with van der Waals surface area (Å²) in [6, 6.07) is 7.73. The van der Waals surface area contributed by atoms with Crippen molar-refractivity contribution in [2.75, 3.05) is 19.8 Å². The molecule has 0 aliphatic carbocycles. The van der Waals surface area contributed by atoms with E-state index in [1.54, 1.807) is 0 Å². The molecule has 1 aromatic rings. The molecule has 25 heavy (non-hydrogen) atoms. The van der Waals surface area contributed by atoms with E-state index in [9.17, 15) is 4.79 Å². The van der Waals surface area contributed by atoms with Gasteiger partial charge in [-0.25, -0.2) is 0 Å². The third-order valence-electron chi connectivity index (χ3n) is 4.40. The van der Waals surface area contributed by atoms with Crippen LogP contribution in [0.1, 0.15) is 31.9 Å². The van der Waals surface area contributed by atoms with Gasteiger partial charge in [0.1, 0.15) is 12.1 Å². The second kappa shape index (κ2) is 9.32. The van der Waals surface area contributed by atoms with Crippen LogP contribution in [0.2, 0.25) is 0 Å². The van der Waals surface area contributed by atoms with Crippen LogP contribution in [0.15, 0.2) is 24.3 Å². The van der Waals surface area contributed by atoms with E-state index < -0.39 is 12.0 Å². The fourth-order valence-electron chi connectivity index (χ4n) is 3.01. The number of benzene rings is 1. The van der Waals surface area contributed by atoms with Crippen LogP contribution in [0, 0.1) is 18.8 Å². The van der Waals surface area contributed by atoms with E-state index in [0.29, 0.717) is 19.1 Å². The van der Waals surface area contributed by atoms with Gasteiger partial charge in [0.15, 0.2) is 0 Å². The molecule has 0 aromatic heterocycles. The molecular weight excluding hydrogens is 318 g/mol. The van der Waals surface area contributed by atoms with Gasteiger partial charge in [-0.3, -0.25) is 4.79 Å². The third kappa shape index (κ3) is 6.10. The van der Waals surface area contributed by atoms with Crippen molar-refractivity contribution in [1.82, 2.24) is 0 Å². The molecule has 1 aromatic carbocycles. The molecule has 140 valence electrons. The minimum absolute atomic E-state index is 0.0922. The third-order valence-corrected chi connectivity index (χ3v) is 4.40. The van der Waals surface area contributed by atoms with E-state index in [2.05, 4.69) is 45.0 Å². The van der Waals surface area contributed by atoms with E-state index in [0.717, 1.165) is 6.42 Å². The lowest BCUT2D eigenvalue weighted by Crippen LogP contribution is -2.42. The number of esters is 1. The lowest BCUT2D eigenvalue weighted by atomic mass is 9.91. The van der Waals surface area contributed by atoms with Crippen LogP contribution in [0.5, 0.6) is 0 Å². The van der Waals surface area contributed by atoms with E-state index >= 15 is 0 Å². The summed E-state index contributed by atoms with van der Waals surface area (Å²) in [4.78, 5) is 12.0. The number of rotatable bonds is 5. The fraction of sp³-hybridized carbons (Fsp3) is 0.650. The quantitative estimate of drug-likeness (QED) is 0.827. The fourth-order valence-corrected chi connectivity index (χ4v) is 3.01. The van der Waals surface area contributed by atoms with E-state index in [1.807, 2.05) is 6.92 Å². The van der Waals surface area contributed by atoms with Gasteiger partial charge in [-0.2, -0.15) is 0 Å². The van der Waals surface area contributed by atoms with Gasteiger partial charge in [0, 0.05) is 12.5 Å². The Balaban J connectivity index is 2.18. The van der Waals surface area contributed by atoms with Gasteiger partial charge in [0.2, 0.25) is 0 Å². The van der Waals surface area contributed by atoms with Crippen molar-refractivity contribution >= 4 is 5.97 Å². The van der Waals surface area contributed by atoms with Gasteiger partial charge < -0.3 is 19.9 Å². The number of cyclic esters (lactones) is 1. The van der Waals surface area contributed by atoms with Gasteiger partial charge in [-0.15, -0.1) is 0 Å². The first kappa shape index (κ1) is 19.9. The number of aryl methyl sites for hydroxylation is 1. The molecule has 0 saturated carbocycles. The Morgan fingerprint density at radius 1 is 1.24 bits per heavy atom. The van der Waals surface area contributed by atoms with Gasteiger partial charge in [-0.05, 0) is 31.7 Å². The summed E-state index contributed by atoms with van der Waals surface area (Å²) in [5.41, 5.74) is 8.27. The van der Waals surface area contributed by atoms with Crippen molar-refractivity contribution in [3.05, 3.63) is 35.4 Å². The van der Waals surface area contributed by atoms with Crippen LogP contribution in [-0.4, -0.2) is 44.0 Å². The number of ether oxygens (including phenoxy) is 3. The maximum Gasteiger partial charge on any atom is 0.325 e. The van der Waals surface area contributed by atoms with Gasteiger partial charge in [0.05, 0.1) is 19.3 Å². The average Bonchev–Trinajstić information content (AvgIpc) is 2.59. The summed E-state index contributed by atoms with van der Waals surface area (Å²) >= 11 is 0. The molecule has 5 nitrogen and oxygen atoms in total. The molecule has 5 heteroatoms. The van der Waals surface area contributed by atoms with E-state index in [1.165, 1.54) is 11.1 Å². The number of carbonyl (C=O) groups is 1. The lowest BCUT2D eigenvalue weighted by Gasteiger charge is -2.31. The van der Waals surface area contributed by atoms with E-state index in [-0.39, 0.29) is 24.7 Å². The van der Waals surface area contributed by atoms with Crippen LogP contribution in [-0.2, 0) is 25.4 Å².